The Labute approximate surface area is 146 Å². The molecule has 7 heteroatoms. The van der Waals surface area contributed by atoms with E-state index in [2.05, 4.69) is 15.4 Å². The minimum atomic E-state index is -0.727. The van der Waals surface area contributed by atoms with Gasteiger partial charge in [0.25, 0.3) is 5.91 Å². The van der Waals surface area contributed by atoms with Gasteiger partial charge in [-0.15, -0.1) is 0 Å². The molecule has 0 spiro atoms. The number of hydrogen-bond acceptors (Lipinski definition) is 6. The topological polar surface area (TPSA) is 87.8 Å². The Kier molecular flexibility index (Phi) is 5.06. The Morgan fingerprint density at radius 1 is 1.40 bits per heavy atom. The number of nitrogens with one attached hydrogen (secondary N) is 1. The van der Waals surface area contributed by atoms with E-state index in [4.69, 9.17) is 9.26 Å². The number of carbonyl (C=O) groups is 1. The molecule has 0 bridgehead atoms. The van der Waals surface area contributed by atoms with Crippen molar-refractivity contribution < 1.29 is 19.2 Å². The van der Waals surface area contributed by atoms with Crippen molar-refractivity contribution in [3.05, 3.63) is 47.9 Å². The van der Waals surface area contributed by atoms with E-state index in [1.54, 1.807) is 19.9 Å². The van der Waals surface area contributed by atoms with E-state index >= 15 is 0 Å². The molecule has 7 nitrogen and oxygen atoms in total. The first-order valence-electron chi connectivity index (χ1n) is 8.28. The maximum absolute atomic E-state index is 12.2. The molecular weight excluding hydrogens is 322 g/mol. The molecule has 1 aliphatic heterocycles. The number of amides is 1. The van der Waals surface area contributed by atoms with Gasteiger partial charge in [-0.3, -0.25) is 9.69 Å². The molecule has 134 valence electrons. The number of ether oxygens (including phenoxy) is 1. The van der Waals surface area contributed by atoms with E-state index in [1.807, 2.05) is 30.3 Å². The Hall–Kier alpha value is -2.38. The number of carbonyl (C=O) groups excluding carboxylic acids is 1. The Morgan fingerprint density at radius 3 is 2.80 bits per heavy atom. The largest absolute Gasteiger partial charge is 0.486 e. The first-order valence-corrected chi connectivity index (χ1v) is 8.28. The molecule has 25 heavy (non-hydrogen) atoms. The van der Waals surface area contributed by atoms with Gasteiger partial charge in [-0.2, -0.15) is 0 Å². The second-order valence-electron chi connectivity index (χ2n) is 6.96. The number of β-amino-alcohol motifs (C(OH)–C–C–N with tert-alkyl or cyclic N) is 1. The van der Waals surface area contributed by atoms with Crippen molar-refractivity contribution in [2.75, 3.05) is 19.6 Å². The zero-order chi connectivity index (χ0) is 17.9. The average Bonchev–Trinajstić information content (AvgIpc) is 2.99. The number of likely N-dealkylation sites (tertiary alicyclic amines) is 1. The first-order chi connectivity index (χ1) is 11.9. The van der Waals surface area contributed by atoms with Crippen LogP contribution in [0.1, 0.15) is 30.1 Å². The van der Waals surface area contributed by atoms with Gasteiger partial charge >= 0.3 is 0 Å². The van der Waals surface area contributed by atoms with Crippen molar-refractivity contribution in [3.8, 4) is 5.75 Å². The number of benzene rings is 1. The lowest BCUT2D eigenvalue weighted by atomic mass is 10.0. The molecule has 2 N–H and O–H groups in total. The molecule has 1 aromatic carbocycles. The molecule has 1 aromatic heterocycles. The highest BCUT2D eigenvalue weighted by Crippen LogP contribution is 2.15. The SMILES string of the molecule is CC(C)(O)CN1CC(NC(=O)c2cc(COc3ccccc3)on2)C1. The lowest BCUT2D eigenvalue weighted by Gasteiger charge is -2.42. The highest BCUT2D eigenvalue weighted by atomic mass is 16.5. The van der Waals surface area contributed by atoms with Crippen LogP contribution in [0.15, 0.2) is 40.9 Å². The highest BCUT2D eigenvalue weighted by molar-refractivity contribution is 5.92. The lowest BCUT2D eigenvalue weighted by molar-refractivity contribution is 0.00337. The zero-order valence-corrected chi connectivity index (χ0v) is 14.4. The summed E-state index contributed by atoms with van der Waals surface area (Å²) < 4.78 is 10.7. The van der Waals surface area contributed by atoms with Gasteiger partial charge in [0.1, 0.15) is 12.4 Å². The smallest absolute Gasteiger partial charge is 0.273 e. The average molecular weight is 345 g/mol. The molecule has 2 aromatic rings. The number of hydrogen-bond donors (Lipinski definition) is 2. The van der Waals surface area contributed by atoms with Crippen LogP contribution in [0.2, 0.25) is 0 Å². The summed E-state index contributed by atoms with van der Waals surface area (Å²) in [5, 5.41) is 16.5. The maximum Gasteiger partial charge on any atom is 0.273 e. The van der Waals surface area contributed by atoms with Crippen molar-refractivity contribution in [2.24, 2.45) is 0 Å². The summed E-state index contributed by atoms with van der Waals surface area (Å²) in [5.41, 5.74) is -0.484. The van der Waals surface area contributed by atoms with Gasteiger partial charge in [0.2, 0.25) is 0 Å². The normalized spacial score (nSPS) is 15.6. The Balaban J connectivity index is 1.44. The summed E-state index contributed by atoms with van der Waals surface area (Å²) in [6.07, 6.45) is 0. The second kappa shape index (κ2) is 7.25. The van der Waals surface area contributed by atoms with Gasteiger partial charge in [-0.1, -0.05) is 23.4 Å². The van der Waals surface area contributed by atoms with Gasteiger partial charge in [0, 0.05) is 25.7 Å². The van der Waals surface area contributed by atoms with E-state index in [9.17, 15) is 9.90 Å². The van der Waals surface area contributed by atoms with Crippen LogP contribution in [-0.4, -0.2) is 52.3 Å². The summed E-state index contributed by atoms with van der Waals surface area (Å²) in [7, 11) is 0. The van der Waals surface area contributed by atoms with Gasteiger partial charge in [0.05, 0.1) is 11.6 Å². The summed E-state index contributed by atoms with van der Waals surface area (Å²) in [5.74, 6) is 0.958. The molecule has 2 heterocycles. The predicted octanol–water partition coefficient (Wildman–Crippen LogP) is 1.44. The van der Waals surface area contributed by atoms with E-state index in [0.717, 1.165) is 18.8 Å². The van der Waals surface area contributed by atoms with Gasteiger partial charge < -0.3 is 19.7 Å². The van der Waals surface area contributed by atoms with Crippen molar-refractivity contribution in [1.29, 1.82) is 0 Å². The van der Waals surface area contributed by atoms with Gasteiger partial charge in [-0.05, 0) is 26.0 Å². The molecule has 1 amide bonds. The molecule has 1 fully saturated rings. The maximum atomic E-state index is 12.2. The standard InChI is InChI=1S/C18H23N3O4/c1-18(2,23)12-21-9-13(10-21)19-17(22)16-8-15(25-20-16)11-24-14-6-4-3-5-7-14/h3-8,13,23H,9-12H2,1-2H3,(H,19,22). The molecule has 0 radical (unpaired) electrons. The molecule has 0 saturated carbocycles. The molecule has 0 atom stereocenters. The highest BCUT2D eigenvalue weighted by Gasteiger charge is 2.32. The summed E-state index contributed by atoms with van der Waals surface area (Å²) in [6.45, 7) is 5.78. The van der Waals surface area contributed by atoms with Crippen LogP contribution in [0, 0.1) is 0 Å². The van der Waals surface area contributed by atoms with Gasteiger partial charge in [-0.25, -0.2) is 0 Å². The number of nitrogens with zero attached hydrogens (tertiary/aromatic N) is 2. The van der Waals surface area contributed by atoms with Crippen molar-refractivity contribution in [1.82, 2.24) is 15.4 Å². The van der Waals surface area contributed by atoms with Crippen LogP contribution in [-0.2, 0) is 6.61 Å². The fourth-order valence-electron chi connectivity index (χ4n) is 2.76. The van der Waals surface area contributed by atoms with Gasteiger partial charge in [0.15, 0.2) is 11.5 Å². The van der Waals surface area contributed by atoms with Crippen LogP contribution in [0.4, 0.5) is 0 Å². The number of aliphatic hydroxyl groups is 1. The summed E-state index contributed by atoms with van der Waals surface area (Å²) in [6, 6.07) is 11.0. The quantitative estimate of drug-likeness (QED) is 0.789. The molecular formula is C18H23N3O4. The van der Waals surface area contributed by atoms with E-state index in [1.165, 1.54) is 0 Å². The van der Waals surface area contributed by atoms with Crippen LogP contribution >= 0.6 is 0 Å². The van der Waals surface area contributed by atoms with E-state index in [-0.39, 0.29) is 24.2 Å². The number of aromatic nitrogens is 1. The fraction of sp³-hybridized carbons (Fsp3) is 0.444. The molecule has 3 rings (SSSR count). The Morgan fingerprint density at radius 2 is 2.12 bits per heavy atom. The molecule has 0 unspecified atom stereocenters. The number of para-hydroxylation sites is 1. The third-order valence-corrected chi connectivity index (χ3v) is 3.82. The van der Waals surface area contributed by atoms with Crippen molar-refractivity contribution in [3.63, 3.8) is 0 Å². The summed E-state index contributed by atoms with van der Waals surface area (Å²) >= 11 is 0. The zero-order valence-electron chi connectivity index (χ0n) is 14.4. The van der Waals surface area contributed by atoms with E-state index < -0.39 is 5.60 Å². The van der Waals surface area contributed by atoms with Crippen LogP contribution in [0.3, 0.4) is 0 Å². The Bertz CT molecular complexity index is 703. The molecule has 1 saturated heterocycles. The summed E-state index contributed by atoms with van der Waals surface area (Å²) in [4.78, 5) is 14.3. The van der Waals surface area contributed by atoms with Crippen molar-refractivity contribution >= 4 is 5.91 Å². The van der Waals surface area contributed by atoms with Crippen LogP contribution < -0.4 is 10.1 Å². The van der Waals surface area contributed by atoms with E-state index in [0.29, 0.717) is 12.3 Å². The number of rotatable bonds is 7. The lowest BCUT2D eigenvalue weighted by Crippen LogP contribution is -2.61. The third-order valence-electron chi connectivity index (χ3n) is 3.82. The molecule has 0 aliphatic carbocycles. The molecule has 1 aliphatic rings. The minimum Gasteiger partial charge on any atom is -0.486 e. The van der Waals surface area contributed by atoms with Crippen molar-refractivity contribution in [2.45, 2.75) is 32.1 Å². The minimum absolute atomic E-state index is 0.0653. The first kappa shape index (κ1) is 17.4. The third kappa shape index (κ3) is 5.04. The van der Waals surface area contributed by atoms with Crippen LogP contribution in [0.5, 0.6) is 5.75 Å². The second-order valence-corrected chi connectivity index (χ2v) is 6.96. The van der Waals surface area contributed by atoms with Crippen LogP contribution in [0.25, 0.3) is 0 Å². The fourth-order valence-corrected chi connectivity index (χ4v) is 2.76. The predicted molar refractivity (Wildman–Crippen MR) is 91.3 cm³/mol. The monoisotopic (exact) mass is 345 g/mol.